The summed E-state index contributed by atoms with van der Waals surface area (Å²) in [4.78, 5) is 4.36. The monoisotopic (exact) mass is 261 g/mol. The minimum atomic E-state index is -2.86. The van der Waals surface area contributed by atoms with Crippen molar-refractivity contribution in [3.63, 3.8) is 0 Å². The van der Waals surface area contributed by atoms with Crippen LogP contribution in [0.5, 0.6) is 0 Å². The molecule has 1 rings (SSSR count). The van der Waals surface area contributed by atoms with E-state index in [1.54, 1.807) is 0 Å². The van der Waals surface area contributed by atoms with Crippen LogP contribution >= 0.6 is 0 Å². The van der Waals surface area contributed by atoms with Crippen molar-refractivity contribution < 1.29 is 8.42 Å². The molecule has 0 spiro atoms. The van der Waals surface area contributed by atoms with Gasteiger partial charge in [-0.1, -0.05) is 6.92 Å². The summed E-state index contributed by atoms with van der Waals surface area (Å²) in [5.41, 5.74) is 0. The molecule has 0 aromatic rings. The van der Waals surface area contributed by atoms with E-state index in [0.29, 0.717) is 19.0 Å². The minimum absolute atomic E-state index is 0.204. The Hall–Kier alpha value is -0.780. The van der Waals surface area contributed by atoms with Gasteiger partial charge in [-0.05, 0) is 25.7 Å². The predicted molar refractivity (Wildman–Crippen MR) is 71.0 cm³/mol. The number of nitrogens with zero attached hydrogens (tertiary/aromatic N) is 1. The van der Waals surface area contributed by atoms with Crippen LogP contribution in [0.3, 0.4) is 0 Å². The van der Waals surface area contributed by atoms with Gasteiger partial charge in [-0.15, -0.1) is 0 Å². The zero-order valence-corrected chi connectivity index (χ0v) is 11.7. The van der Waals surface area contributed by atoms with Gasteiger partial charge in [0.2, 0.25) is 0 Å². The molecule has 1 fully saturated rings. The molecular weight excluding hydrogens is 238 g/mol. The number of hydrogen-bond acceptors (Lipinski definition) is 3. The van der Waals surface area contributed by atoms with Crippen LogP contribution < -0.4 is 10.6 Å². The zero-order valence-electron chi connectivity index (χ0n) is 10.9. The highest BCUT2D eigenvalue weighted by Crippen LogP contribution is 2.28. The molecular formula is C11H23N3O2S. The Balaban J connectivity index is 2.30. The number of guanidine groups is 1. The first-order chi connectivity index (χ1) is 7.92. The topological polar surface area (TPSA) is 70.6 Å². The fraction of sp³-hybridized carbons (Fsp3) is 0.909. The number of sulfone groups is 1. The molecule has 1 aliphatic rings. The SMILES string of the molecule is CCNC(=NCCCS(C)(=O)=O)NC1CC1C. The van der Waals surface area contributed by atoms with Crippen molar-refractivity contribution >= 4 is 15.8 Å². The Bertz CT molecular complexity index is 365. The molecule has 17 heavy (non-hydrogen) atoms. The molecule has 5 nitrogen and oxygen atoms in total. The molecule has 0 radical (unpaired) electrons. The fourth-order valence-corrected chi connectivity index (χ4v) is 2.19. The molecule has 1 aliphatic carbocycles. The van der Waals surface area contributed by atoms with Gasteiger partial charge < -0.3 is 10.6 Å². The molecule has 1 saturated carbocycles. The maximum Gasteiger partial charge on any atom is 0.191 e. The Labute approximate surface area is 104 Å². The summed E-state index contributed by atoms with van der Waals surface area (Å²) in [5.74, 6) is 1.72. The summed E-state index contributed by atoms with van der Waals surface area (Å²) < 4.78 is 21.9. The van der Waals surface area contributed by atoms with Gasteiger partial charge in [-0.2, -0.15) is 0 Å². The van der Waals surface area contributed by atoms with Crippen molar-refractivity contribution in [1.29, 1.82) is 0 Å². The third-order valence-corrected chi connectivity index (χ3v) is 3.75. The molecule has 2 atom stereocenters. The second-order valence-corrected chi connectivity index (χ2v) is 6.97. The lowest BCUT2D eigenvalue weighted by molar-refractivity contribution is 0.599. The van der Waals surface area contributed by atoms with Gasteiger partial charge in [0.05, 0.1) is 5.75 Å². The average Bonchev–Trinajstić information content (AvgIpc) is 2.88. The van der Waals surface area contributed by atoms with Crippen LogP contribution in [0, 0.1) is 5.92 Å². The third-order valence-electron chi connectivity index (χ3n) is 2.72. The van der Waals surface area contributed by atoms with Crippen LogP contribution in [0.1, 0.15) is 26.7 Å². The molecule has 0 saturated heterocycles. The number of rotatable bonds is 6. The third kappa shape index (κ3) is 6.51. The second kappa shape index (κ2) is 6.23. The van der Waals surface area contributed by atoms with E-state index < -0.39 is 9.84 Å². The van der Waals surface area contributed by atoms with Crippen molar-refractivity contribution in [2.75, 3.05) is 25.1 Å². The Kier molecular flexibility index (Phi) is 5.24. The van der Waals surface area contributed by atoms with Crippen molar-refractivity contribution in [3.05, 3.63) is 0 Å². The van der Waals surface area contributed by atoms with Gasteiger partial charge in [-0.3, -0.25) is 4.99 Å². The van der Waals surface area contributed by atoms with Crippen molar-refractivity contribution in [1.82, 2.24) is 10.6 Å². The molecule has 0 aliphatic heterocycles. The zero-order chi connectivity index (χ0) is 12.9. The van der Waals surface area contributed by atoms with E-state index in [9.17, 15) is 8.42 Å². The van der Waals surface area contributed by atoms with Crippen LogP contribution in [-0.4, -0.2) is 45.5 Å². The van der Waals surface area contributed by atoms with Gasteiger partial charge in [0.15, 0.2) is 5.96 Å². The van der Waals surface area contributed by atoms with Crippen molar-refractivity contribution in [2.45, 2.75) is 32.7 Å². The van der Waals surface area contributed by atoms with Crippen LogP contribution in [-0.2, 0) is 9.84 Å². The van der Waals surface area contributed by atoms with Gasteiger partial charge >= 0.3 is 0 Å². The molecule has 100 valence electrons. The van der Waals surface area contributed by atoms with E-state index in [2.05, 4.69) is 22.5 Å². The summed E-state index contributed by atoms with van der Waals surface area (Å²) in [5, 5.41) is 6.49. The van der Waals surface area contributed by atoms with Crippen LogP contribution in [0.25, 0.3) is 0 Å². The Morgan fingerprint density at radius 2 is 2.12 bits per heavy atom. The van der Waals surface area contributed by atoms with Crippen LogP contribution in [0.4, 0.5) is 0 Å². The van der Waals surface area contributed by atoms with Gasteiger partial charge in [-0.25, -0.2) is 8.42 Å². The first-order valence-electron chi connectivity index (χ1n) is 6.15. The summed E-state index contributed by atoms with van der Waals surface area (Å²) >= 11 is 0. The van der Waals surface area contributed by atoms with E-state index in [1.165, 1.54) is 12.7 Å². The van der Waals surface area contributed by atoms with Crippen LogP contribution in [0.15, 0.2) is 4.99 Å². The Morgan fingerprint density at radius 3 is 2.59 bits per heavy atom. The molecule has 2 unspecified atom stereocenters. The molecule has 2 N–H and O–H groups in total. The van der Waals surface area contributed by atoms with Gasteiger partial charge in [0.25, 0.3) is 0 Å². The van der Waals surface area contributed by atoms with E-state index in [-0.39, 0.29) is 5.75 Å². The van der Waals surface area contributed by atoms with E-state index in [1.807, 2.05) is 6.92 Å². The molecule has 0 heterocycles. The highest BCUT2D eigenvalue weighted by atomic mass is 32.2. The molecule has 0 amide bonds. The maximum absolute atomic E-state index is 11.0. The minimum Gasteiger partial charge on any atom is -0.357 e. The summed E-state index contributed by atoms with van der Waals surface area (Å²) in [7, 11) is -2.86. The largest absolute Gasteiger partial charge is 0.357 e. The first-order valence-corrected chi connectivity index (χ1v) is 8.21. The van der Waals surface area contributed by atoms with Crippen molar-refractivity contribution in [3.8, 4) is 0 Å². The number of hydrogen-bond donors (Lipinski definition) is 2. The molecule has 6 heteroatoms. The lowest BCUT2D eigenvalue weighted by atomic mass is 10.5. The van der Waals surface area contributed by atoms with Crippen molar-refractivity contribution in [2.24, 2.45) is 10.9 Å². The molecule has 0 aromatic heterocycles. The number of aliphatic imine (C=N–C) groups is 1. The molecule has 0 bridgehead atoms. The summed E-state index contributed by atoms with van der Waals surface area (Å²) in [6.07, 6.45) is 3.02. The summed E-state index contributed by atoms with van der Waals surface area (Å²) in [6.45, 7) is 5.58. The van der Waals surface area contributed by atoms with Crippen LogP contribution in [0.2, 0.25) is 0 Å². The molecule has 0 aromatic carbocycles. The smallest absolute Gasteiger partial charge is 0.191 e. The average molecular weight is 261 g/mol. The highest BCUT2D eigenvalue weighted by molar-refractivity contribution is 7.90. The maximum atomic E-state index is 11.0. The predicted octanol–water partition coefficient (Wildman–Crippen LogP) is 0.385. The highest BCUT2D eigenvalue weighted by Gasteiger charge is 2.33. The Morgan fingerprint density at radius 1 is 1.47 bits per heavy atom. The second-order valence-electron chi connectivity index (χ2n) is 4.71. The summed E-state index contributed by atoms with van der Waals surface area (Å²) in [6, 6.07) is 0.530. The van der Waals surface area contributed by atoms with E-state index in [0.717, 1.165) is 18.4 Å². The van der Waals surface area contributed by atoms with Gasteiger partial charge in [0.1, 0.15) is 9.84 Å². The van der Waals surface area contributed by atoms with E-state index in [4.69, 9.17) is 0 Å². The fourth-order valence-electron chi connectivity index (χ4n) is 1.54. The number of nitrogens with one attached hydrogen (secondary N) is 2. The lowest BCUT2D eigenvalue weighted by Crippen LogP contribution is -2.39. The lowest BCUT2D eigenvalue weighted by Gasteiger charge is -2.10. The normalized spacial score (nSPS) is 24.5. The first kappa shape index (κ1) is 14.3. The van der Waals surface area contributed by atoms with Gasteiger partial charge in [0, 0.05) is 25.4 Å². The standard InChI is InChI=1S/C11H23N3O2S/c1-4-12-11(14-10-8-9(10)2)13-6-5-7-17(3,15)16/h9-10H,4-8H2,1-3H3,(H2,12,13,14). The van der Waals surface area contributed by atoms with E-state index >= 15 is 0 Å². The quantitative estimate of drug-likeness (QED) is 0.412.